The van der Waals surface area contributed by atoms with Crippen LogP contribution in [0.2, 0.25) is 0 Å². The van der Waals surface area contributed by atoms with Crippen LogP contribution in [0.5, 0.6) is 0 Å². The second kappa shape index (κ2) is 6.23. The van der Waals surface area contributed by atoms with E-state index in [0.717, 1.165) is 12.0 Å². The second-order valence-electron chi connectivity index (χ2n) is 3.74. The van der Waals surface area contributed by atoms with Gasteiger partial charge in [0.1, 0.15) is 5.82 Å². The lowest BCUT2D eigenvalue weighted by Crippen LogP contribution is -2.40. The Balaban J connectivity index is 2.42. The standard InChI is InChI=1S/C12H17FN2O/c1-2-4-11(14)12(16)15-8-9-5-3-6-10(13)7-9/h3,5-7,11H,2,4,8,14H2,1H3,(H,15,16). The largest absolute Gasteiger partial charge is 0.351 e. The van der Waals surface area contributed by atoms with E-state index in [1.807, 2.05) is 6.92 Å². The molecule has 1 atom stereocenters. The molecule has 3 nitrogen and oxygen atoms in total. The van der Waals surface area contributed by atoms with Gasteiger partial charge in [-0.3, -0.25) is 4.79 Å². The van der Waals surface area contributed by atoms with E-state index in [-0.39, 0.29) is 11.7 Å². The highest BCUT2D eigenvalue weighted by molar-refractivity contribution is 5.81. The molecule has 4 heteroatoms. The number of hydrogen-bond donors (Lipinski definition) is 2. The Morgan fingerprint density at radius 3 is 2.94 bits per heavy atom. The topological polar surface area (TPSA) is 55.1 Å². The van der Waals surface area contributed by atoms with E-state index in [0.29, 0.717) is 13.0 Å². The SMILES string of the molecule is CCCC(N)C(=O)NCc1cccc(F)c1. The Morgan fingerprint density at radius 2 is 2.31 bits per heavy atom. The van der Waals surface area contributed by atoms with Gasteiger partial charge < -0.3 is 11.1 Å². The fourth-order valence-electron chi connectivity index (χ4n) is 1.41. The van der Waals surface area contributed by atoms with Crippen molar-refractivity contribution in [3.05, 3.63) is 35.6 Å². The molecular formula is C12H17FN2O. The van der Waals surface area contributed by atoms with Crippen LogP contribution in [-0.2, 0) is 11.3 Å². The minimum Gasteiger partial charge on any atom is -0.351 e. The van der Waals surface area contributed by atoms with Crippen molar-refractivity contribution in [1.29, 1.82) is 0 Å². The number of nitrogens with one attached hydrogen (secondary N) is 1. The van der Waals surface area contributed by atoms with E-state index in [1.54, 1.807) is 12.1 Å². The van der Waals surface area contributed by atoms with Gasteiger partial charge >= 0.3 is 0 Å². The summed E-state index contributed by atoms with van der Waals surface area (Å²) in [5, 5.41) is 2.68. The highest BCUT2D eigenvalue weighted by atomic mass is 19.1. The minimum atomic E-state index is -0.474. The van der Waals surface area contributed by atoms with E-state index in [2.05, 4.69) is 5.32 Å². The molecule has 88 valence electrons. The average molecular weight is 224 g/mol. The van der Waals surface area contributed by atoms with Gasteiger partial charge in [0, 0.05) is 6.54 Å². The minimum absolute atomic E-state index is 0.189. The first-order valence-corrected chi connectivity index (χ1v) is 5.41. The third-order valence-corrected chi connectivity index (χ3v) is 2.29. The third kappa shape index (κ3) is 3.98. The summed E-state index contributed by atoms with van der Waals surface area (Å²) in [5.41, 5.74) is 6.37. The summed E-state index contributed by atoms with van der Waals surface area (Å²) in [6.07, 6.45) is 1.53. The van der Waals surface area contributed by atoms with Crippen LogP contribution >= 0.6 is 0 Å². The molecule has 0 fully saturated rings. The number of nitrogens with two attached hydrogens (primary N) is 1. The van der Waals surface area contributed by atoms with Crippen molar-refractivity contribution in [2.24, 2.45) is 5.73 Å². The van der Waals surface area contributed by atoms with E-state index in [9.17, 15) is 9.18 Å². The maximum Gasteiger partial charge on any atom is 0.237 e. The van der Waals surface area contributed by atoms with Crippen LogP contribution in [0.3, 0.4) is 0 Å². The van der Waals surface area contributed by atoms with Gasteiger partial charge in [0.25, 0.3) is 0 Å². The number of amides is 1. The molecule has 0 saturated heterocycles. The molecule has 0 radical (unpaired) electrons. The van der Waals surface area contributed by atoms with E-state index < -0.39 is 6.04 Å². The van der Waals surface area contributed by atoms with Crippen LogP contribution in [0.1, 0.15) is 25.3 Å². The summed E-state index contributed by atoms with van der Waals surface area (Å²) in [5.74, 6) is -0.490. The normalized spacial score (nSPS) is 12.2. The highest BCUT2D eigenvalue weighted by Crippen LogP contribution is 2.03. The molecule has 1 unspecified atom stereocenters. The van der Waals surface area contributed by atoms with E-state index >= 15 is 0 Å². The molecule has 1 aromatic rings. The molecule has 16 heavy (non-hydrogen) atoms. The van der Waals surface area contributed by atoms with Crippen molar-refractivity contribution in [2.75, 3.05) is 0 Å². The van der Waals surface area contributed by atoms with Crippen molar-refractivity contribution in [2.45, 2.75) is 32.4 Å². The zero-order valence-corrected chi connectivity index (χ0v) is 9.37. The third-order valence-electron chi connectivity index (χ3n) is 2.29. The van der Waals surface area contributed by atoms with Gasteiger partial charge in [-0.1, -0.05) is 25.5 Å². The summed E-state index contributed by atoms with van der Waals surface area (Å²) >= 11 is 0. The van der Waals surface area contributed by atoms with Gasteiger partial charge in [-0.05, 0) is 24.1 Å². The van der Waals surface area contributed by atoms with Crippen LogP contribution < -0.4 is 11.1 Å². The summed E-state index contributed by atoms with van der Waals surface area (Å²) in [6.45, 7) is 2.29. The quantitative estimate of drug-likeness (QED) is 0.797. The molecule has 0 aliphatic carbocycles. The predicted octanol–water partition coefficient (Wildman–Crippen LogP) is 1.57. The van der Waals surface area contributed by atoms with Crippen molar-refractivity contribution < 1.29 is 9.18 Å². The van der Waals surface area contributed by atoms with Crippen LogP contribution in [-0.4, -0.2) is 11.9 Å². The molecule has 3 N–H and O–H groups in total. The lowest BCUT2D eigenvalue weighted by molar-refractivity contribution is -0.122. The van der Waals surface area contributed by atoms with Crippen LogP contribution in [0.4, 0.5) is 4.39 Å². The van der Waals surface area contributed by atoms with Gasteiger partial charge in [0.05, 0.1) is 6.04 Å². The number of halogens is 1. The average Bonchev–Trinajstić information content (AvgIpc) is 2.26. The molecule has 0 aliphatic rings. The Bertz CT molecular complexity index is 355. The zero-order valence-electron chi connectivity index (χ0n) is 9.37. The van der Waals surface area contributed by atoms with E-state index in [4.69, 9.17) is 5.73 Å². The van der Waals surface area contributed by atoms with Crippen LogP contribution in [0, 0.1) is 5.82 Å². The summed E-state index contributed by atoms with van der Waals surface area (Å²) < 4.78 is 12.8. The molecule has 0 bridgehead atoms. The second-order valence-corrected chi connectivity index (χ2v) is 3.74. The van der Waals surface area contributed by atoms with Crippen molar-refractivity contribution in [3.63, 3.8) is 0 Å². The van der Waals surface area contributed by atoms with Crippen LogP contribution in [0.15, 0.2) is 24.3 Å². The molecule has 0 aromatic heterocycles. The smallest absolute Gasteiger partial charge is 0.237 e. The lowest BCUT2D eigenvalue weighted by Gasteiger charge is -2.11. The Kier molecular flexibility index (Phi) is 4.92. The number of hydrogen-bond acceptors (Lipinski definition) is 2. The molecule has 0 saturated carbocycles. The Morgan fingerprint density at radius 1 is 1.56 bits per heavy atom. The number of carbonyl (C=O) groups excluding carboxylic acids is 1. The zero-order chi connectivity index (χ0) is 12.0. The van der Waals surface area contributed by atoms with Gasteiger partial charge in [-0.25, -0.2) is 4.39 Å². The summed E-state index contributed by atoms with van der Waals surface area (Å²) in [4.78, 5) is 11.5. The number of rotatable bonds is 5. The lowest BCUT2D eigenvalue weighted by atomic mass is 10.1. The van der Waals surface area contributed by atoms with Crippen molar-refractivity contribution in [3.8, 4) is 0 Å². The fourth-order valence-corrected chi connectivity index (χ4v) is 1.41. The van der Waals surface area contributed by atoms with Crippen molar-refractivity contribution in [1.82, 2.24) is 5.32 Å². The molecule has 0 spiro atoms. The van der Waals surface area contributed by atoms with E-state index in [1.165, 1.54) is 12.1 Å². The van der Waals surface area contributed by atoms with Gasteiger partial charge in [0.15, 0.2) is 0 Å². The first-order chi connectivity index (χ1) is 7.63. The predicted molar refractivity (Wildman–Crippen MR) is 61.1 cm³/mol. The first kappa shape index (κ1) is 12.6. The number of benzene rings is 1. The summed E-state index contributed by atoms with van der Waals surface area (Å²) in [7, 11) is 0. The Hall–Kier alpha value is -1.42. The monoisotopic (exact) mass is 224 g/mol. The summed E-state index contributed by atoms with van der Waals surface area (Å²) in [6, 6.07) is 5.66. The molecular weight excluding hydrogens is 207 g/mol. The molecule has 1 rings (SSSR count). The van der Waals surface area contributed by atoms with Gasteiger partial charge in [-0.2, -0.15) is 0 Å². The van der Waals surface area contributed by atoms with Gasteiger partial charge in [-0.15, -0.1) is 0 Å². The molecule has 1 amide bonds. The maximum atomic E-state index is 12.8. The fraction of sp³-hybridized carbons (Fsp3) is 0.417. The Labute approximate surface area is 94.8 Å². The highest BCUT2D eigenvalue weighted by Gasteiger charge is 2.11. The molecule has 0 heterocycles. The maximum absolute atomic E-state index is 12.8. The van der Waals surface area contributed by atoms with Crippen LogP contribution in [0.25, 0.3) is 0 Å². The molecule has 0 aliphatic heterocycles. The van der Waals surface area contributed by atoms with Crippen molar-refractivity contribution >= 4 is 5.91 Å². The number of carbonyl (C=O) groups is 1. The molecule has 1 aromatic carbocycles. The van der Waals surface area contributed by atoms with Gasteiger partial charge in [0.2, 0.25) is 5.91 Å². The first-order valence-electron chi connectivity index (χ1n) is 5.41.